The minimum Gasteiger partial charge on any atom is -0.350 e. The van der Waals surface area contributed by atoms with E-state index in [4.69, 9.17) is 5.73 Å². The highest BCUT2D eigenvalue weighted by atomic mass is 19.1. The number of nitrogens with zero attached hydrogens (tertiary/aromatic N) is 1. The summed E-state index contributed by atoms with van der Waals surface area (Å²) in [5, 5.41) is 7.99. The molecule has 1 aliphatic heterocycles. The minimum atomic E-state index is -0.325. The van der Waals surface area contributed by atoms with Crippen LogP contribution < -0.4 is 16.4 Å². The summed E-state index contributed by atoms with van der Waals surface area (Å²) in [6.07, 6.45) is 3.44. The Morgan fingerprint density at radius 1 is 1.22 bits per heavy atom. The van der Waals surface area contributed by atoms with Crippen LogP contribution in [0.25, 0.3) is 10.8 Å². The molecule has 32 heavy (non-hydrogen) atoms. The van der Waals surface area contributed by atoms with E-state index in [-0.39, 0.29) is 29.7 Å². The Morgan fingerprint density at radius 3 is 2.66 bits per heavy atom. The Morgan fingerprint density at radius 2 is 1.94 bits per heavy atom. The summed E-state index contributed by atoms with van der Waals surface area (Å²) in [6.45, 7) is 6.62. The van der Waals surface area contributed by atoms with Gasteiger partial charge in [-0.25, -0.2) is 4.39 Å². The van der Waals surface area contributed by atoms with Crippen LogP contribution in [-0.4, -0.2) is 55.0 Å². The van der Waals surface area contributed by atoms with Gasteiger partial charge < -0.3 is 21.3 Å². The first kappa shape index (κ1) is 24.1. The van der Waals surface area contributed by atoms with E-state index in [2.05, 4.69) is 24.5 Å². The number of benzene rings is 2. The first-order valence-electron chi connectivity index (χ1n) is 11.7. The zero-order valence-corrected chi connectivity index (χ0v) is 19.1. The first-order valence-corrected chi connectivity index (χ1v) is 11.7. The molecule has 6 nitrogen and oxygen atoms in total. The molecule has 2 atom stereocenters. The van der Waals surface area contributed by atoms with Crippen molar-refractivity contribution in [1.82, 2.24) is 15.5 Å². The maximum absolute atomic E-state index is 13.4. The molecule has 0 bridgehead atoms. The molecule has 0 aromatic heterocycles. The highest BCUT2D eigenvalue weighted by molar-refractivity contribution is 5.98. The van der Waals surface area contributed by atoms with Crippen LogP contribution in [0.3, 0.4) is 0 Å². The fraction of sp³-hybridized carbons (Fsp3) is 0.520. The predicted molar refractivity (Wildman–Crippen MR) is 126 cm³/mol. The Kier molecular flexibility index (Phi) is 8.59. The van der Waals surface area contributed by atoms with Crippen molar-refractivity contribution in [3.8, 4) is 0 Å². The fourth-order valence-corrected chi connectivity index (χ4v) is 4.33. The van der Waals surface area contributed by atoms with Crippen molar-refractivity contribution in [2.75, 3.05) is 26.2 Å². The average molecular weight is 443 g/mol. The van der Waals surface area contributed by atoms with Gasteiger partial charge >= 0.3 is 0 Å². The summed E-state index contributed by atoms with van der Waals surface area (Å²) in [7, 11) is 0. The van der Waals surface area contributed by atoms with Crippen LogP contribution in [0.4, 0.5) is 4.39 Å². The number of carbonyl (C=O) groups excluding carboxylic acids is 2. The Labute approximate surface area is 189 Å². The topological polar surface area (TPSA) is 87.5 Å². The summed E-state index contributed by atoms with van der Waals surface area (Å²) in [4.78, 5) is 27.8. The monoisotopic (exact) mass is 442 g/mol. The molecule has 2 aromatic carbocycles. The van der Waals surface area contributed by atoms with E-state index in [1.807, 2.05) is 4.90 Å². The number of rotatable bonds is 9. The number of amides is 2. The SMILES string of the molecule is CCC(CC)CN1CCC(CNC(=O)c2ccc3cc(F)ccc3c2)NC(CCN)C1=O. The van der Waals surface area contributed by atoms with Crippen molar-refractivity contribution in [2.24, 2.45) is 11.7 Å². The number of halogens is 1. The Hall–Kier alpha value is -2.51. The van der Waals surface area contributed by atoms with E-state index < -0.39 is 0 Å². The largest absolute Gasteiger partial charge is 0.350 e. The van der Waals surface area contributed by atoms with Gasteiger partial charge in [0, 0.05) is 31.2 Å². The van der Waals surface area contributed by atoms with Crippen LogP contribution in [0.15, 0.2) is 36.4 Å². The number of hydrogen-bond acceptors (Lipinski definition) is 4. The molecule has 174 valence electrons. The van der Waals surface area contributed by atoms with E-state index in [9.17, 15) is 14.0 Å². The first-order chi connectivity index (χ1) is 15.4. The molecule has 0 aliphatic carbocycles. The zero-order valence-electron chi connectivity index (χ0n) is 19.1. The van der Waals surface area contributed by atoms with Crippen LogP contribution in [0.2, 0.25) is 0 Å². The third-order valence-electron chi connectivity index (χ3n) is 6.46. The van der Waals surface area contributed by atoms with Gasteiger partial charge in [0.25, 0.3) is 5.91 Å². The predicted octanol–water partition coefficient (Wildman–Crippen LogP) is 3.05. The smallest absolute Gasteiger partial charge is 0.251 e. The van der Waals surface area contributed by atoms with Gasteiger partial charge in [-0.3, -0.25) is 9.59 Å². The summed E-state index contributed by atoms with van der Waals surface area (Å²) >= 11 is 0. The van der Waals surface area contributed by atoms with Crippen molar-refractivity contribution in [3.63, 3.8) is 0 Å². The van der Waals surface area contributed by atoms with Crippen LogP contribution in [0.1, 0.15) is 49.9 Å². The molecule has 1 saturated heterocycles. The standard InChI is InChI=1S/C25H35FN4O2/c1-3-17(4-2)16-30-12-10-22(29-23(9-11-27)25(30)32)15-28-24(31)20-6-5-19-14-21(26)8-7-18(19)13-20/h5-8,13-14,17,22-23,29H,3-4,9-12,15-16,27H2,1-2H3,(H,28,31). The molecule has 2 unspecified atom stereocenters. The number of fused-ring (bicyclic) bond motifs is 1. The quantitative estimate of drug-likeness (QED) is 0.557. The maximum Gasteiger partial charge on any atom is 0.251 e. The second-order valence-corrected chi connectivity index (χ2v) is 8.67. The second kappa shape index (κ2) is 11.4. The minimum absolute atomic E-state index is 0.0132. The summed E-state index contributed by atoms with van der Waals surface area (Å²) in [5.74, 6) is 0.125. The van der Waals surface area contributed by atoms with E-state index >= 15 is 0 Å². The molecule has 1 fully saturated rings. The number of nitrogens with one attached hydrogen (secondary N) is 2. The van der Waals surface area contributed by atoms with Crippen molar-refractivity contribution in [3.05, 3.63) is 47.8 Å². The number of nitrogens with two attached hydrogens (primary N) is 1. The lowest BCUT2D eigenvalue weighted by atomic mass is 10.0. The average Bonchev–Trinajstić information content (AvgIpc) is 2.94. The van der Waals surface area contributed by atoms with Gasteiger partial charge in [0.1, 0.15) is 5.82 Å². The van der Waals surface area contributed by atoms with Crippen molar-refractivity contribution in [2.45, 2.75) is 51.6 Å². The molecule has 4 N–H and O–H groups in total. The molecular formula is C25H35FN4O2. The van der Waals surface area contributed by atoms with Crippen molar-refractivity contribution < 1.29 is 14.0 Å². The van der Waals surface area contributed by atoms with E-state index in [0.717, 1.165) is 36.6 Å². The van der Waals surface area contributed by atoms with Gasteiger partial charge in [-0.1, -0.05) is 38.8 Å². The molecule has 2 amide bonds. The molecular weight excluding hydrogens is 407 g/mol. The van der Waals surface area contributed by atoms with Gasteiger partial charge in [0.05, 0.1) is 6.04 Å². The van der Waals surface area contributed by atoms with Crippen LogP contribution in [0.5, 0.6) is 0 Å². The van der Waals surface area contributed by atoms with Gasteiger partial charge in [-0.05, 0) is 60.3 Å². The van der Waals surface area contributed by atoms with E-state index in [1.54, 1.807) is 24.3 Å². The molecule has 3 rings (SSSR count). The zero-order chi connectivity index (χ0) is 23.1. The van der Waals surface area contributed by atoms with E-state index in [0.29, 0.717) is 37.5 Å². The second-order valence-electron chi connectivity index (χ2n) is 8.67. The van der Waals surface area contributed by atoms with Crippen LogP contribution in [0, 0.1) is 11.7 Å². The molecule has 0 spiro atoms. The number of carbonyl (C=O) groups is 2. The summed E-state index contributed by atoms with van der Waals surface area (Å²) in [5.41, 5.74) is 6.30. The molecule has 7 heteroatoms. The van der Waals surface area contributed by atoms with Crippen LogP contribution in [-0.2, 0) is 4.79 Å². The van der Waals surface area contributed by atoms with Crippen LogP contribution >= 0.6 is 0 Å². The number of hydrogen-bond donors (Lipinski definition) is 3. The molecule has 1 heterocycles. The fourth-order valence-electron chi connectivity index (χ4n) is 4.33. The highest BCUT2D eigenvalue weighted by Gasteiger charge is 2.31. The van der Waals surface area contributed by atoms with Crippen molar-refractivity contribution >= 4 is 22.6 Å². The Balaban J connectivity index is 1.64. The lowest BCUT2D eigenvalue weighted by Crippen LogP contribution is -2.50. The highest BCUT2D eigenvalue weighted by Crippen LogP contribution is 2.18. The van der Waals surface area contributed by atoms with Gasteiger partial charge in [-0.2, -0.15) is 0 Å². The third-order valence-corrected chi connectivity index (χ3v) is 6.46. The molecule has 2 aromatic rings. The van der Waals surface area contributed by atoms with Crippen molar-refractivity contribution in [1.29, 1.82) is 0 Å². The van der Waals surface area contributed by atoms with Gasteiger partial charge in [0.2, 0.25) is 5.91 Å². The Bertz CT molecular complexity index is 931. The molecule has 1 aliphatic rings. The normalized spacial score (nSPS) is 19.4. The third kappa shape index (κ3) is 6.04. The van der Waals surface area contributed by atoms with Gasteiger partial charge in [0.15, 0.2) is 0 Å². The summed E-state index contributed by atoms with van der Waals surface area (Å²) < 4.78 is 13.4. The molecule has 0 radical (unpaired) electrons. The molecule has 0 saturated carbocycles. The lowest BCUT2D eigenvalue weighted by Gasteiger charge is -2.27. The lowest BCUT2D eigenvalue weighted by molar-refractivity contribution is -0.133. The van der Waals surface area contributed by atoms with E-state index in [1.165, 1.54) is 12.1 Å². The maximum atomic E-state index is 13.4. The summed E-state index contributed by atoms with van der Waals surface area (Å²) in [6, 6.07) is 9.40. The van der Waals surface area contributed by atoms with Gasteiger partial charge in [-0.15, -0.1) is 0 Å².